The normalized spacial score (nSPS) is 11.2. The van der Waals surface area contributed by atoms with Crippen LogP contribution in [-0.2, 0) is 0 Å². The molecule has 0 aliphatic heterocycles. The summed E-state index contributed by atoms with van der Waals surface area (Å²) in [6.45, 7) is 8.56. The first-order valence-corrected chi connectivity index (χ1v) is 6.59. The maximum atomic E-state index is 4.74. The highest BCUT2D eigenvalue weighted by molar-refractivity contribution is 5.67. The zero-order valence-corrected chi connectivity index (χ0v) is 11.9. The first-order valence-electron chi connectivity index (χ1n) is 6.59. The maximum Gasteiger partial charge on any atom is 0.137 e. The van der Waals surface area contributed by atoms with Gasteiger partial charge >= 0.3 is 0 Å². The van der Waals surface area contributed by atoms with Gasteiger partial charge in [-0.3, -0.25) is 0 Å². The summed E-state index contributed by atoms with van der Waals surface area (Å²) in [5.41, 5.74) is 8.42. The number of imidazole rings is 1. The lowest BCUT2D eigenvalue weighted by molar-refractivity contribution is 1.09. The Morgan fingerprint density at radius 1 is 0.895 bits per heavy atom. The predicted octanol–water partition coefficient (Wildman–Crippen LogP) is 4.23. The van der Waals surface area contributed by atoms with Crippen LogP contribution in [0, 0.1) is 27.7 Å². The van der Waals surface area contributed by atoms with Crippen LogP contribution in [0.15, 0.2) is 36.5 Å². The van der Waals surface area contributed by atoms with Crippen molar-refractivity contribution in [1.82, 2.24) is 9.38 Å². The predicted molar refractivity (Wildman–Crippen MR) is 79.6 cm³/mol. The minimum Gasteiger partial charge on any atom is -0.304 e. The lowest BCUT2D eigenvalue weighted by atomic mass is 9.99. The highest BCUT2D eigenvalue weighted by Crippen LogP contribution is 2.26. The van der Waals surface area contributed by atoms with Crippen molar-refractivity contribution in [2.45, 2.75) is 27.7 Å². The minimum atomic E-state index is 1.01. The van der Waals surface area contributed by atoms with Crippen LogP contribution < -0.4 is 0 Å². The SMILES string of the molecule is Cc1cc(C)c(-c2cn3c(C)cccc3n2)cc1C. The summed E-state index contributed by atoms with van der Waals surface area (Å²) in [7, 11) is 0. The number of aromatic nitrogens is 2. The molecule has 0 spiro atoms. The van der Waals surface area contributed by atoms with Crippen molar-refractivity contribution >= 4 is 5.65 Å². The highest BCUT2D eigenvalue weighted by atomic mass is 15.0. The fourth-order valence-corrected chi connectivity index (χ4v) is 2.51. The topological polar surface area (TPSA) is 17.3 Å². The van der Waals surface area contributed by atoms with Crippen molar-refractivity contribution in [3.8, 4) is 11.3 Å². The molecule has 3 aromatic rings. The van der Waals surface area contributed by atoms with Gasteiger partial charge in [0.05, 0.1) is 5.69 Å². The molecule has 96 valence electrons. The second-order valence-corrected chi connectivity index (χ2v) is 5.27. The number of benzene rings is 1. The van der Waals surface area contributed by atoms with Crippen molar-refractivity contribution in [3.63, 3.8) is 0 Å². The number of rotatable bonds is 1. The van der Waals surface area contributed by atoms with Crippen LogP contribution in [0.25, 0.3) is 16.9 Å². The Balaban J connectivity index is 2.25. The van der Waals surface area contributed by atoms with Gasteiger partial charge in [0.25, 0.3) is 0 Å². The van der Waals surface area contributed by atoms with Gasteiger partial charge < -0.3 is 4.40 Å². The van der Waals surface area contributed by atoms with Crippen molar-refractivity contribution in [2.24, 2.45) is 0 Å². The third kappa shape index (κ3) is 1.93. The zero-order chi connectivity index (χ0) is 13.6. The molecule has 0 aliphatic rings. The lowest BCUT2D eigenvalue weighted by Gasteiger charge is -2.07. The van der Waals surface area contributed by atoms with E-state index in [9.17, 15) is 0 Å². The van der Waals surface area contributed by atoms with Crippen LogP contribution in [0.4, 0.5) is 0 Å². The molecule has 0 bridgehead atoms. The molecule has 0 unspecified atom stereocenters. The van der Waals surface area contributed by atoms with Crippen molar-refractivity contribution in [1.29, 1.82) is 0 Å². The Morgan fingerprint density at radius 2 is 1.63 bits per heavy atom. The Bertz CT molecular complexity index is 766. The molecule has 0 N–H and O–H groups in total. The van der Waals surface area contributed by atoms with E-state index in [0.29, 0.717) is 0 Å². The zero-order valence-electron chi connectivity index (χ0n) is 11.9. The summed E-state index contributed by atoms with van der Waals surface area (Å²) in [5.74, 6) is 0. The van der Waals surface area contributed by atoms with E-state index in [0.717, 1.165) is 11.3 Å². The van der Waals surface area contributed by atoms with Gasteiger partial charge in [-0.15, -0.1) is 0 Å². The molecule has 0 radical (unpaired) electrons. The number of aryl methyl sites for hydroxylation is 4. The van der Waals surface area contributed by atoms with Gasteiger partial charge in [-0.25, -0.2) is 4.98 Å². The number of hydrogen-bond acceptors (Lipinski definition) is 1. The van der Waals surface area contributed by atoms with E-state index in [1.807, 2.05) is 6.07 Å². The maximum absolute atomic E-state index is 4.74. The summed E-state index contributed by atoms with van der Waals surface area (Å²) in [4.78, 5) is 4.74. The molecule has 2 heteroatoms. The molecule has 2 aromatic heterocycles. The summed E-state index contributed by atoms with van der Waals surface area (Å²) in [6, 6.07) is 10.7. The highest BCUT2D eigenvalue weighted by Gasteiger charge is 2.09. The van der Waals surface area contributed by atoms with Crippen LogP contribution in [0.3, 0.4) is 0 Å². The molecular formula is C17H18N2. The summed E-state index contributed by atoms with van der Waals surface area (Å²) in [6.07, 6.45) is 2.13. The summed E-state index contributed by atoms with van der Waals surface area (Å²) >= 11 is 0. The smallest absolute Gasteiger partial charge is 0.137 e. The first kappa shape index (κ1) is 12.0. The van der Waals surface area contributed by atoms with Crippen LogP contribution in [0.2, 0.25) is 0 Å². The molecule has 0 saturated carbocycles. The Kier molecular flexibility index (Phi) is 2.67. The van der Waals surface area contributed by atoms with E-state index in [4.69, 9.17) is 4.98 Å². The number of fused-ring (bicyclic) bond motifs is 1. The Hall–Kier alpha value is -2.09. The quantitative estimate of drug-likeness (QED) is 0.631. The van der Waals surface area contributed by atoms with Crippen LogP contribution in [0.1, 0.15) is 22.4 Å². The number of hydrogen-bond donors (Lipinski definition) is 0. The van der Waals surface area contributed by atoms with Crippen molar-refractivity contribution in [2.75, 3.05) is 0 Å². The van der Waals surface area contributed by atoms with E-state index in [1.54, 1.807) is 0 Å². The van der Waals surface area contributed by atoms with Gasteiger partial charge in [0, 0.05) is 17.5 Å². The van der Waals surface area contributed by atoms with E-state index in [-0.39, 0.29) is 0 Å². The molecule has 2 nitrogen and oxygen atoms in total. The molecular weight excluding hydrogens is 232 g/mol. The van der Waals surface area contributed by atoms with Gasteiger partial charge in [0.2, 0.25) is 0 Å². The van der Waals surface area contributed by atoms with E-state index in [2.05, 4.69) is 62.6 Å². The fraction of sp³-hybridized carbons (Fsp3) is 0.235. The van der Waals surface area contributed by atoms with E-state index in [1.165, 1.54) is 27.9 Å². The van der Waals surface area contributed by atoms with Gasteiger partial charge in [0.15, 0.2) is 0 Å². The van der Waals surface area contributed by atoms with Gasteiger partial charge in [-0.1, -0.05) is 12.1 Å². The molecule has 2 heterocycles. The third-order valence-corrected chi connectivity index (χ3v) is 3.81. The number of nitrogens with zero attached hydrogens (tertiary/aromatic N) is 2. The van der Waals surface area contributed by atoms with Crippen LogP contribution >= 0.6 is 0 Å². The minimum absolute atomic E-state index is 1.01. The molecule has 3 rings (SSSR count). The average molecular weight is 250 g/mol. The van der Waals surface area contributed by atoms with Crippen LogP contribution in [0.5, 0.6) is 0 Å². The molecule has 1 aromatic carbocycles. The molecule has 0 fully saturated rings. The Labute approximate surface area is 113 Å². The van der Waals surface area contributed by atoms with Crippen molar-refractivity contribution < 1.29 is 0 Å². The van der Waals surface area contributed by atoms with Gasteiger partial charge in [-0.2, -0.15) is 0 Å². The molecule has 0 aliphatic carbocycles. The van der Waals surface area contributed by atoms with E-state index >= 15 is 0 Å². The van der Waals surface area contributed by atoms with Crippen LogP contribution in [-0.4, -0.2) is 9.38 Å². The van der Waals surface area contributed by atoms with E-state index < -0.39 is 0 Å². The van der Waals surface area contributed by atoms with Gasteiger partial charge in [0.1, 0.15) is 5.65 Å². The third-order valence-electron chi connectivity index (χ3n) is 3.81. The molecule has 0 saturated heterocycles. The number of pyridine rings is 1. The largest absolute Gasteiger partial charge is 0.304 e. The van der Waals surface area contributed by atoms with Crippen molar-refractivity contribution in [3.05, 3.63) is 58.9 Å². The standard InChI is InChI=1S/C17H18N2/c1-11-8-13(3)15(9-12(11)2)16-10-19-14(4)6-5-7-17(19)18-16/h5-10H,1-4H3. The fourth-order valence-electron chi connectivity index (χ4n) is 2.51. The average Bonchev–Trinajstić information content (AvgIpc) is 2.79. The first-order chi connectivity index (χ1) is 9.06. The lowest BCUT2D eigenvalue weighted by Crippen LogP contribution is -1.89. The Morgan fingerprint density at radius 3 is 2.37 bits per heavy atom. The summed E-state index contributed by atoms with van der Waals surface area (Å²) < 4.78 is 2.14. The second-order valence-electron chi connectivity index (χ2n) is 5.27. The molecule has 0 atom stereocenters. The summed E-state index contributed by atoms with van der Waals surface area (Å²) in [5, 5.41) is 0. The molecule has 0 amide bonds. The van der Waals surface area contributed by atoms with Gasteiger partial charge in [-0.05, 0) is 62.6 Å². The second kappa shape index (κ2) is 4.23. The monoisotopic (exact) mass is 250 g/mol. The molecule has 19 heavy (non-hydrogen) atoms.